The van der Waals surface area contributed by atoms with Gasteiger partial charge in [-0.3, -0.25) is 4.79 Å². The summed E-state index contributed by atoms with van der Waals surface area (Å²) < 4.78 is 23.6. The van der Waals surface area contributed by atoms with E-state index in [0.29, 0.717) is 0 Å². The molecule has 2 amide bonds. The van der Waals surface area contributed by atoms with E-state index in [0.717, 1.165) is 4.90 Å². The van der Waals surface area contributed by atoms with Gasteiger partial charge < -0.3 is 9.29 Å². The summed E-state index contributed by atoms with van der Waals surface area (Å²) in [6, 6.07) is 0. The quantitative estimate of drug-likeness (QED) is 0.676. The van der Waals surface area contributed by atoms with Crippen LogP contribution in [0.2, 0.25) is 0 Å². The lowest BCUT2D eigenvalue weighted by Crippen LogP contribution is -2.38. The Hall–Kier alpha value is -0.950. The van der Waals surface area contributed by atoms with E-state index in [4.69, 9.17) is 9.29 Å². The number of ether oxygens (including phenoxy) is 1. The van der Waals surface area contributed by atoms with Crippen LogP contribution >= 0.6 is 0 Å². The number of hydrogen-bond donors (Lipinski definition) is 1. The zero-order valence-corrected chi connectivity index (χ0v) is 8.67. The van der Waals surface area contributed by atoms with Crippen LogP contribution < -0.4 is 0 Å². The van der Waals surface area contributed by atoms with E-state index in [9.17, 15) is 13.8 Å². The SMILES string of the molecule is CC1(C)OC(=O)N(CCS(=O)O)C1=O. The van der Waals surface area contributed by atoms with Crippen LogP contribution in [-0.2, 0) is 20.6 Å². The van der Waals surface area contributed by atoms with Crippen LogP contribution in [0.15, 0.2) is 0 Å². The molecule has 1 unspecified atom stereocenters. The van der Waals surface area contributed by atoms with Crippen molar-refractivity contribution in [1.29, 1.82) is 0 Å². The largest absolute Gasteiger partial charge is 0.433 e. The number of carbonyl (C=O) groups excluding carboxylic acids is 2. The Balaban J connectivity index is 2.67. The smallest absolute Gasteiger partial charge is 0.417 e. The first-order valence-electron chi connectivity index (χ1n) is 3.97. The number of hydrogen-bond acceptors (Lipinski definition) is 4. The first-order valence-corrected chi connectivity index (χ1v) is 5.24. The van der Waals surface area contributed by atoms with Crippen molar-refractivity contribution in [2.45, 2.75) is 19.4 Å². The van der Waals surface area contributed by atoms with Gasteiger partial charge in [-0.2, -0.15) is 0 Å². The van der Waals surface area contributed by atoms with E-state index in [1.807, 2.05) is 0 Å². The van der Waals surface area contributed by atoms with Crippen LogP contribution in [0.1, 0.15) is 13.8 Å². The van der Waals surface area contributed by atoms with Gasteiger partial charge in [-0.1, -0.05) is 0 Å². The van der Waals surface area contributed by atoms with Gasteiger partial charge in [0.1, 0.15) is 0 Å². The molecule has 0 aromatic heterocycles. The third-order valence-corrected chi connectivity index (χ3v) is 2.34. The monoisotopic (exact) mass is 221 g/mol. The van der Waals surface area contributed by atoms with Gasteiger partial charge >= 0.3 is 6.09 Å². The van der Waals surface area contributed by atoms with Crippen molar-refractivity contribution >= 4 is 23.1 Å². The third kappa shape index (κ3) is 2.10. The van der Waals surface area contributed by atoms with E-state index in [-0.39, 0.29) is 12.3 Å². The van der Waals surface area contributed by atoms with Gasteiger partial charge in [0.25, 0.3) is 5.91 Å². The Morgan fingerprint density at radius 3 is 2.43 bits per heavy atom. The molecule has 14 heavy (non-hydrogen) atoms. The molecule has 0 aromatic rings. The van der Waals surface area contributed by atoms with Crippen LogP contribution in [0.3, 0.4) is 0 Å². The lowest BCUT2D eigenvalue weighted by atomic mass is 10.1. The number of cyclic esters (lactones) is 1. The summed E-state index contributed by atoms with van der Waals surface area (Å²) >= 11 is -2.02. The van der Waals surface area contributed by atoms with Gasteiger partial charge in [-0.25, -0.2) is 13.9 Å². The fraction of sp³-hybridized carbons (Fsp3) is 0.714. The van der Waals surface area contributed by atoms with Crippen LogP contribution in [-0.4, -0.2) is 43.6 Å². The van der Waals surface area contributed by atoms with E-state index in [1.54, 1.807) is 0 Å². The molecule has 0 aliphatic carbocycles. The van der Waals surface area contributed by atoms with Crippen molar-refractivity contribution in [1.82, 2.24) is 4.90 Å². The molecule has 6 nitrogen and oxygen atoms in total. The molecule has 1 heterocycles. The highest BCUT2D eigenvalue weighted by Crippen LogP contribution is 2.22. The Kier molecular flexibility index (Phi) is 2.91. The molecular weight excluding hydrogens is 210 g/mol. The maximum Gasteiger partial charge on any atom is 0.417 e. The summed E-state index contributed by atoms with van der Waals surface area (Å²) in [5.74, 6) is -0.635. The summed E-state index contributed by atoms with van der Waals surface area (Å²) in [5.41, 5.74) is -1.16. The predicted molar refractivity (Wildman–Crippen MR) is 47.9 cm³/mol. The minimum atomic E-state index is -2.02. The molecule has 1 fully saturated rings. The minimum absolute atomic E-state index is 0.0930. The molecule has 0 radical (unpaired) electrons. The first-order chi connectivity index (χ1) is 6.34. The molecule has 1 rings (SSSR count). The topological polar surface area (TPSA) is 83.9 Å². The summed E-state index contributed by atoms with van der Waals surface area (Å²) in [6.07, 6.45) is -0.759. The Labute approximate surface area is 83.5 Å². The van der Waals surface area contributed by atoms with Crippen LogP contribution in [0.4, 0.5) is 4.79 Å². The second kappa shape index (κ2) is 3.66. The second-order valence-electron chi connectivity index (χ2n) is 3.36. The Morgan fingerprint density at radius 1 is 1.50 bits per heavy atom. The number of imide groups is 1. The lowest BCUT2D eigenvalue weighted by Gasteiger charge is -2.12. The van der Waals surface area contributed by atoms with Crippen molar-refractivity contribution in [2.75, 3.05) is 12.3 Å². The zero-order chi connectivity index (χ0) is 10.9. The Morgan fingerprint density at radius 2 is 2.07 bits per heavy atom. The van der Waals surface area contributed by atoms with Crippen molar-refractivity contribution in [3.63, 3.8) is 0 Å². The molecule has 1 atom stereocenters. The second-order valence-corrected chi connectivity index (χ2v) is 4.41. The molecule has 0 saturated carbocycles. The molecular formula is C7H11NO5S. The van der Waals surface area contributed by atoms with E-state index in [2.05, 4.69) is 0 Å². The first kappa shape index (κ1) is 11.1. The molecule has 1 saturated heterocycles. The highest BCUT2D eigenvalue weighted by atomic mass is 32.2. The molecule has 0 spiro atoms. The molecule has 1 aliphatic rings. The van der Waals surface area contributed by atoms with Crippen molar-refractivity contribution < 1.29 is 23.1 Å². The number of carbonyl (C=O) groups is 2. The average molecular weight is 221 g/mol. The molecule has 7 heteroatoms. The standard InChI is InChI=1S/C7H11NO5S/c1-7(2)5(9)8(6(10)13-7)3-4-14(11)12/h3-4H2,1-2H3,(H,11,12). The number of amides is 2. The van der Waals surface area contributed by atoms with Crippen molar-refractivity contribution in [3.05, 3.63) is 0 Å². The summed E-state index contributed by atoms with van der Waals surface area (Å²) in [7, 11) is 0. The van der Waals surface area contributed by atoms with Gasteiger partial charge in [-0.05, 0) is 13.8 Å². The zero-order valence-electron chi connectivity index (χ0n) is 7.85. The summed E-state index contributed by atoms with van der Waals surface area (Å²) in [6.45, 7) is 2.86. The highest BCUT2D eigenvalue weighted by Gasteiger charge is 2.46. The van der Waals surface area contributed by atoms with Gasteiger partial charge in [0.2, 0.25) is 0 Å². The molecule has 80 valence electrons. The summed E-state index contributed by atoms with van der Waals surface area (Å²) in [4.78, 5) is 23.4. The van der Waals surface area contributed by atoms with Crippen LogP contribution in [0.5, 0.6) is 0 Å². The van der Waals surface area contributed by atoms with E-state index >= 15 is 0 Å². The molecule has 1 N–H and O–H groups in total. The van der Waals surface area contributed by atoms with Gasteiger partial charge in [-0.15, -0.1) is 0 Å². The van der Waals surface area contributed by atoms with Gasteiger partial charge in [0.15, 0.2) is 16.7 Å². The highest BCUT2D eigenvalue weighted by molar-refractivity contribution is 7.79. The fourth-order valence-electron chi connectivity index (χ4n) is 1.09. The maximum absolute atomic E-state index is 11.4. The van der Waals surface area contributed by atoms with Crippen molar-refractivity contribution in [3.8, 4) is 0 Å². The van der Waals surface area contributed by atoms with Gasteiger partial charge in [0.05, 0.1) is 5.75 Å². The number of rotatable bonds is 3. The van der Waals surface area contributed by atoms with E-state index < -0.39 is 28.7 Å². The summed E-state index contributed by atoms with van der Waals surface area (Å²) in [5, 5.41) is 0. The maximum atomic E-state index is 11.4. The van der Waals surface area contributed by atoms with Crippen LogP contribution in [0, 0.1) is 0 Å². The normalized spacial score (nSPS) is 22.4. The average Bonchev–Trinajstić information content (AvgIpc) is 2.19. The van der Waals surface area contributed by atoms with Crippen LogP contribution in [0.25, 0.3) is 0 Å². The molecule has 1 aliphatic heterocycles. The van der Waals surface area contributed by atoms with Crippen molar-refractivity contribution in [2.24, 2.45) is 0 Å². The number of nitrogens with zero attached hydrogens (tertiary/aromatic N) is 1. The minimum Gasteiger partial charge on any atom is -0.433 e. The molecule has 0 aromatic carbocycles. The lowest BCUT2D eigenvalue weighted by molar-refractivity contribution is -0.134. The van der Waals surface area contributed by atoms with E-state index in [1.165, 1.54) is 13.8 Å². The predicted octanol–water partition coefficient (Wildman–Crippen LogP) is -0.0345. The molecule has 0 bridgehead atoms. The third-order valence-electron chi connectivity index (χ3n) is 1.81. The Bertz CT molecular complexity index is 300. The van der Waals surface area contributed by atoms with Gasteiger partial charge in [0, 0.05) is 6.54 Å². The fourth-order valence-corrected chi connectivity index (χ4v) is 1.43.